The fraction of sp³-hybridized carbons (Fsp3) is 0.667. The van der Waals surface area contributed by atoms with E-state index < -0.39 is 0 Å². The number of hydrogen-bond donors (Lipinski definition) is 2. The lowest BCUT2D eigenvalue weighted by Crippen LogP contribution is -2.45. The van der Waals surface area contributed by atoms with Gasteiger partial charge in [-0.3, -0.25) is 9.59 Å². The molecule has 0 aliphatic carbocycles. The number of nitrogens with zero attached hydrogens (tertiary/aromatic N) is 1. The molecule has 0 bridgehead atoms. The van der Waals surface area contributed by atoms with Crippen LogP contribution in [0.2, 0.25) is 0 Å². The number of carbonyl (C=O) groups excluding carboxylic acids is 2. The van der Waals surface area contributed by atoms with Crippen molar-refractivity contribution < 1.29 is 9.59 Å². The molecule has 5 heteroatoms. The Morgan fingerprint density at radius 1 is 1.26 bits per heavy atom. The maximum atomic E-state index is 12.8. The Balaban J connectivity index is 2.01. The second-order valence-electron chi connectivity index (χ2n) is 6.61. The summed E-state index contributed by atoms with van der Waals surface area (Å²) in [6.45, 7) is 10.1. The van der Waals surface area contributed by atoms with Gasteiger partial charge < -0.3 is 15.2 Å². The molecule has 1 aliphatic heterocycles. The summed E-state index contributed by atoms with van der Waals surface area (Å²) < 4.78 is 0. The van der Waals surface area contributed by atoms with Gasteiger partial charge in [0.2, 0.25) is 5.91 Å². The number of likely N-dealkylation sites (tertiary alicyclic amines) is 1. The zero-order valence-electron chi connectivity index (χ0n) is 14.8. The average Bonchev–Trinajstić information content (AvgIpc) is 2.82. The van der Waals surface area contributed by atoms with Gasteiger partial charge in [0.15, 0.2) is 0 Å². The first-order chi connectivity index (χ1) is 11.0. The highest BCUT2D eigenvalue weighted by Gasteiger charge is 2.30. The summed E-state index contributed by atoms with van der Waals surface area (Å²) in [7, 11) is 0. The molecular formula is C18H29N3O2. The van der Waals surface area contributed by atoms with Crippen molar-refractivity contribution in [3.63, 3.8) is 0 Å². The van der Waals surface area contributed by atoms with Gasteiger partial charge in [0.1, 0.15) is 5.69 Å². The number of nitrogens with one attached hydrogen (secondary N) is 2. The minimum Gasteiger partial charge on any atom is -0.356 e. The molecule has 1 aromatic rings. The minimum absolute atomic E-state index is 0.0183. The number of piperidine rings is 1. The van der Waals surface area contributed by atoms with E-state index in [0.717, 1.165) is 55.6 Å². The van der Waals surface area contributed by atoms with Crippen molar-refractivity contribution in [2.24, 2.45) is 5.92 Å². The van der Waals surface area contributed by atoms with E-state index >= 15 is 0 Å². The Bertz CT molecular complexity index is 577. The van der Waals surface area contributed by atoms with Crippen LogP contribution in [0.3, 0.4) is 0 Å². The number of unbranched alkanes of at least 4 members (excludes halogenated alkanes) is 1. The summed E-state index contributed by atoms with van der Waals surface area (Å²) >= 11 is 0. The molecule has 1 fully saturated rings. The van der Waals surface area contributed by atoms with E-state index in [1.165, 1.54) is 0 Å². The number of aromatic nitrogens is 1. The molecule has 128 valence electrons. The van der Waals surface area contributed by atoms with Crippen LogP contribution in [0.5, 0.6) is 0 Å². The third kappa shape index (κ3) is 3.95. The van der Waals surface area contributed by atoms with Crippen LogP contribution in [0.15, 0.2) is 0 Å². The van der Waals surface area contributed by atoms with Crippen molar-refractivity contribution in [1.29, 1.82) is 0 Å². The first kappa shape index (κ1) is 17.6. The van der Waals surface area contributed by atoms with E-state index in [2.05, 4.69) is 17.2 Å². The Morgan fingerprint density at radius 3 is 2.61 bits per heavy atom. The molecule has 2 amide bonds. The number of H-pyrrole nitrogens is 1. The minimum atomic E-state index is -0.0815. The highest BCUT2D eigenvalue weighted by atomic mass is 16.2. The van der Waals surface area contributed by atoms with Crippen LogP contribution in [0.4, 0.5) is 0 Å². The number of aryl methyl sites for hydroxylation is 1. The van der Waals surface area contributed by atoms with Gasteiger partial charge in [-0.1, -0.05) is 13.3 Å². The van der Waals surface area contributed by atoms with Crippen LogP contribution >= 0.6 is 0 Å². The van der Waals surface area contributed by atoms with Crippen molar-refractivity contribution in [2.75, 3.05) is 19.6 Å². The molecule has 1 aliphatic rings. The van der Waals surface area contributed by atoms with Crippen LogP contribution < -0.4 is 5.32 Å². The number of rotatable bonds is 5. The predicted octanol–water partition coefficient (Wildman–Crippen LogP) is 2.71. The SMILES string of the molecule is CCCCNC(=O)[C@@H]1CCCN(C(=O)c2[nH]c(C)c(C)c2C)C1. The number of amides is 2. The van der Waals surface area contributed by atoms with Gasteiger partial charge in [-0.25, -0.2) is 0 Å². The number of hydrogen-bond acceptors (Lipinski definition) is 2. The first-order valence-corrected chi connectivity index (χ1v) is 8.68. The molecule has 23 heavy (non-hydrogen) atoms. The summed E-state index contributed by atoms with van der Waals surface area (Å²) in [4.78, 5) is 30.1. The molecule has 1 atom stereocenters. The van der Waals surface area contributed by atoms with Crippen molar-refractivity contribution in [1.82, 2.24) is 15.2 Å². The van der Waals surface area contributed by atoms with Gasteiger partial charge in [-0.2, -0.15) is 0 Å². The molecule has 0 aromatic carbocycles. The second-order valence-corrected chi connectivity index (χ2v) is 6.61. The van der Waals surface area contributed by atoms with Gasteiger partial charge in [0.25, 0.3) is 5.91 Å². The van der Waals surface area contributed by atoms with Gasteiger partial charge in [-0.05, 0) is 51.2 Å². The van der Waals surface area contributed by atoms with Crippen LogP contribution in [0, 0.1) is 26.7 Å². The molecular weight excluding hydrogens is 290 g/mol. The van der Waals surface area contributed by atoms with Gasteiger partial charge in [0.05, 0.1) is 5.92 Å². The maximum absolute atomic E-state index is 12.8. The highest BCUT2D eigenvalue weighted by molar-refractivity contribution is 5.95. The Hall–Kier alpha value is -1.78. The maximum Gasteiger partial charge on any atom is 0.270 e. The molecule has 0 spiro atoms. The second kappa shape index (κ2) is 7.66. The van der Waals surface area contributed by atoms with Crippen molar-refractivity contribution >= 4 is 11.8 Å². The Morgan fingerprint density at radius 2 is 2.00 bits per heavy atom. The molecule has 0 unspecified atom stereocenters. The van der Waals surface area contributed by atoms with E-state index in [1.54, 1.807) is 0 Å². The van der Waals surface area contributed by atoms with Crippen LogP contribution in [0.1, 0.15) is 59.9 Å². The van der Waals surface area contributed by atoms with Crippen LogP contribution in [0.25, 0.3) is 0 Å². The lowest BCUT2D eigenvalue weighted by molar-refractivity contribution is -0.126. The molecule has 0 saturated carbocycles. The predicted molar refractivity (Wildman–Crippen MR) is 91.5 cm³/mol. The van der Waals surface area contributed by atoms with Gasteiger partial charge >= 0.3 is 0 Å². The Kier molecular flexibility index (Phi) is 5.85. The first-order valence-electron chi connectivity index (χ1n) is 8.68. The molecule has 1 aromatic heterocycles. The normalized spacial score (nSPS) is 18.1. The lowest BCUT2D eigenvalue weighted by Gasteiger charge is -2.32. The smallest absolute Gasteiger partial charge is 0.270 e. The third-order valence-corrected chi connectivity index (χ3v) is 4.94. The highest BCUT2D eigenvalue weighted by Crippen LogP contribution is 2.22. The third-order valence-electron chi connectivity index (χ3n) is 4.94. The van der Waals surface area contributed by atoms with Crippen LogP contribution in [-0.4, -0.2) is 41.3 Å². The zero-order chi connectivity index (χ0) is 17.0. The van der Waals surface area contributed by atoms with Gasteiger partial charge in [-0.15, -0.1) is 0 Å². The van der Waals surface area contributed by atoms with Crippen molar-refractivity contribution in [2.45, 2.75) is 53.4 Å². The van der Waals surface area contributed by atoms with E-state index in [0.29, 0.717) is 12.2 Å². The number of aromatic amines is 1. The standard InChI is InChI=1S/C18H29N3O2/c1-5-6-9-19-17(22)15-8-7-10-21(11-15)18(23)16-13(3)12(2)14(4)20-16/h15,20H,5-11H2,1-4H3,(H,19,22)/t15-/m1/s1. The van der Waals surface area contributed by atoms with E-state index in [1.807, 2.05) is 25.7 Å². The molecule has 2 heterocycles. The fourth-order valence-corrected chi connectivity index (χ4v) is 3.12. The number of carbonyl (C=O) groups is 2. The molecule has 1 saturated heterocycles. The molecule has 2 rings (SSSR count). The van der Waals surface area contributed by atoms with E-state index in [9.17, 15) is 9.59 Å². The molecule has 2 N–H and O–H groups in total. The van der Waals surface area contributed by atoms with Crippen molar-refractivity contribution in [3.05, 3.63) is 22.5 Å². The molecule has 5 nitrogen and oxygen atoms in total. The quantitative estimate of drug-likeness (QED) is 0.820. The zero-order valence-corrected chi connectivity index (χ0v) is 14.8. The van der Waals surface area contributed by atoms with Gasteiger partial charge in [0, 0.05) is 25.3 Å². The fourth-order valence-electron chi connectivity index (χ4n) is 3.12. The molecule has 0 radical (unpaired) electrons. The summed E-state index contributed by atoms with van der Waals surface area (Å²) in [5.74, 6) is 0.0262. The summed E-state index contributed by atoms with van der Waals surface area (Å²) in [5, 5.41) is 2.99. The van der Waals surface area contributed by atoms with Crippen LogP contribution in [-0.2, 0) is 4.79 Å². The average molecular weight is 319 g/mol. The summed E-state index contributed by atoms with van der Waals surface area (Å²) in [5.41, 5.74) is 3.87. The van der Waals surface area contributed by atoms with E-state index in [4.69, 9.17) is 0 Å². The monoisotopic (exact) mass is 319 g/mol. The topological polar surface area (TPSA) is 65.2 Å². The summed E-state index contributed by atoms with van der Waals surface area (Å²) in [6.07, 6.45) is 3.82. The summed E-state index contributed by atoms with van der Waals surface area (Å²) in [6, 6.07) is 0. The Labute approximate surface area is 138 Å². The van der Waals surface area contributed by atoms with E-state index in [-0.39, 0.29) is 17.7 Å². The largest absolute Gasteiger partial charge is 0.356 e. The van der Waals surface area contributed by atoms with Crippen molar-refractivity contribution in [3.8, 4) is 0 Å². The lowest BCUT2D eigenvalue weighted by atomic mass is 9.96.